The van der Waals surface area contributed by atoms with Crippen LogP contribution in [-0.2, 0) is 14.3 Å². The summed E-state index contributed by atoms with van der Waals surface area (Å²) in [5, 5.41) is 2.86. The molecule has 0 aromatic carbocycles. The van der Waals surface area contributed by atoms with Crippen molar-refractivity contribution in [3.63, 3.8) is 0 Å². The van der Waals surface area contributed by atoms with Crippen LogP contribution in [0.5, 0.6) is 0 Å². The van der Waals surface area contributed by atoms with E-state index in [1.165, 1.54) is 7.11 Å². The van der Waals surface area contributed by atoms with Crippen molar-refractivity contribution in [2.24, 2.45) is 5.92 Å². The number of aromatic nitrogens is 2. The minimum absolute atomic E-state index is 0.00200. The lowest BCUT2D eigenvalue weighted by atomic mass is 10.0. The van der Waals surface area contributed by atoms with Crippen LogP contribution in [0.3, 0.4) is 0 Å². The summed E-state index contributed by atoms with van der Waals surface area (Å²) in [6, 6.07) is 0.464. The number of ether oxygens (including phenoxy) is 1. The number of amides is 1. The number of H-pyrrole nitrogens is 1. The Labute approximate surface area is 132 Å². The van der Waals surface area contributed by atoms with Crippen LogP contribution in [0, 0.1) is 5.92 Å². The average Bonchev–Trinajstić information content (AvgIpc) is 2.42. The predicted octanol–water partition coefficient (Wildman–Crippen LogP) is 0.148. The quantitative estimate of drug-likeness (QED) is 0.369. The summed E-state index contributed by atoms with van der Waals surface area (Å²) in [6.45, 7) is 3.89. The van der Waals surface area contributed by atoms with Gasteiger partial charge in [-0.25, -0.2) is 9.78 Å². The zero-order valence-corrected chi connectivity index (χ0v) is 13.5. The van der Waals surface area contributed by atoms with E-state index in [2.05, 4.69) is 20.0 Å². The third-order valence-corrected chi connectivity index (χ3v) is 3.48. The first-order valence-electron chi connectivity index (χ1n) is 6.68. The Balaban J connectivity index is 2.59. The highest BCUT2D eigenvalue weighted by molar-refractivity contribution is 7.99. The van der Waals surface area contributed by atoms with Crippen LogP contribution in [-0.4, -0.2) is 40.7 Å². The van der Waals surface area contributed by atoms with Crippen molar-refractivity contribution in [2.75, 3.05) is 18.6 Å². The fourth-order valence-electron chi connectivity index (χ4n) is 1.72. The Kier molecular flexibility index (Phi) is 6.90. The van der Waals surface area contributed by atoms with Crippen LogP contribution in [0.2, 0.25) is 0 Å². The minimum Gasteiger partial charge on any atom is -0.467 e. The van der Waals surface area contributed by atoms with Crippen LogP contribution in [0.15, 0.2) is 16.0 Å². The van der Waals surface area contributed by atoms with E-state index in [-0.39, 0.29) is 34.1 Å². The molecule has 0 radical (unpaired) electrons. The Morgan fingerprint density at radius 2 is 2.18 bits per heavy atom. The first-order valence-corrected chi connectivity index (χ1v) is 7.67. The van der Waals surface area contributed by atoms with Crippen molar-refractivity contribution in [3.8, 4) is 0 Å². The van der Waals surface area contributed by atoms with Gasteiger partial charge >= 0.3 is 5.97 Å². The molecular formula is C13H20N4O4S. The molecule has 1 atom stereocenters. The molecular weight excluding hydrogens is 308 g/mol. The molecule has 8 nitrogen and oxygen atoms in total. The fourth-order valence-corrected chi connectivity index (χ4v) is 2.41. The van der Waals surface area contributed by atoms with Gasteiger partial charge in [0.1, 0.15) is 11.9 Å². The molecule has 0 saturated carbocycles. The number of hydrogen-bond acceptors (Lipinski definition) is 7. The van der Waals surface area contributed by atoms with E-state index in [4.69, 9.17) is 5.73 Å². The van der Waals surface area contributed by atoms with Crippen molar-refractivity contribution in [2.45, 2.75) is 31.5 Å². The molecule has 9 heteroatoms. The number of esters is 1. The number of rotatable bonds is 7. The summed E-state index contributed by atoms with van der Waals surface area (Å²) in [5.41, 5.74) is 5.07. The molecule has 4 N–H and O–H groups in total. The van der Waals surface area contributed by atoms with Gasteiger partial charge in [0.25, 0.3) is 5.56 Å². The van der Waals surface area contributed by atoms with Crippen molar-refractivity contribution >= 4 is 29.5 Å². The molecule has 0 unspecified atom stereocenters. The van der Waals surface area contributed by atoms with Crippen LogP contribution in [0.4, 0.5) is 5.82 Å². The topological polar surface area (TPSA) is 127 Å². The lowest BCUT2D eigenvalue weighted by molar-refractivity contribution is -0.145. The third-order valence-electron chi connectivity index (χ3n) is 2.61. The maximum Gasteiger partial charge on any atom is 0.328 e. The van der Waals surface area contributed by atoms with Crippen LogP contribution >= 0.6 is 11.8 Å². The second kappa shape index (κ2) is 8.42. The monoisotopic (exact) mass is 328 g/mol. The summed E-state index contributed by atoms with van der Waals surface area (Å²) in [7, 11) is 1.28. The molecule has 0 spiro atoms. The standard InChI is InChI=1S/C13H20N4O4S/c1-7(2)4-8(12(20)21-3)15-11(19)6-22-13-16-9(14)5-10(18)17-13/h5,7-8H,4,6H2,1-3H3,(H,15,19)(H3,14,16,17,18)/t8-/m1/s1. The molecule has 1 aromatic rings. The molecule has 1 aromatic heterocycles. The summed E-state index contributed by atoms with van der Waals surface area (Å²) < 4.78 is 4.67. The number of nitrogen functional groups attached to an aromatic ring is 1. The van der Waals surface area contributed by atoms with Crippen molar-refractivity contribution < 1.29 is 14.3 Å². The Morgan fingerprint density at radius 1 is 1.50 bits per heavy atom. The molecule has 1 amide bonds. The molecule has 0 aliphatic carbocycles. The maximum absolute atomic E-state index is 11.9. The summed E-state index contributed by atoms with van der Waals surface area (Å²) in [4.78, 5) is 41.1. The summed E-state index contributed by atoms with van der Waals surface area (Å²) in [6.07, 6.45) is 0.483. The molecule has 0 aliphatic rings. The minimum atomic E-state index is -0.689. The highest BCUT2D eigenvalue weighted by Gasteiger charge is 2.22. The van der Waals surface area contributed by atoms with Gasteiger partial charge in [0, 0.05) is 6.07 Å². The number of carbonyl (C=O) groups excluding carboxylic acids is 2. The Morgan fingerprint density at radius 3 is 2.73 bits per heavy atom. The molecule has 0 aliphatic heterocycles. The van der Waals surface area contributed by atoms with Gasteiger partial charge in [-0.3, -0.25) is 9.59 Å². The number of aromatic amines is 1. The van der Waals surface area contributed by atoms with Crippen LogP contribution < -0.4 is 16.6 Å². The van der Waals surface area contributed by atoms with E-state index in [1.54, 1.807) is 0 Å². The number of anilines is 1. The van der Waals surface area contributed by atoms with E-state index < -0.39 is 12.0 Å². The highest BCUT2D eigenvalue weighted by atomic mass is 32.2. The molecule has 0 bridgehead atoms. The van der Waals surface area contributed by atoms with E-state index >= 15 is 0 Å². The first-order chi connectivity index (χ1) is 10.3. The summed E-state index contributed by atoms with van der Waals surface area (Å²) >= 11 is 1.03. The lowest BCUT2D eigenvalue weighted by Crippen LogP contribution is -2.43. The number of methoxy groups -OCH3 is 1. The van der Waals surface area contributed by atoms with Gasteiger partial charge in [0.05, 0.1) is 12.9 Å². The number of carbonyl (C=O) groups is 2. The zero-order valence-electron chi connectivity index (χ0n) is 12.7. The number of thioether (sulfide) groups is 1. The SMILES string of the molecule is COC(=O)[C@@H](CC(C)C)NC(=O)CSc1nc(N)cc(=O)[nH]1. The van der Waals surface area contributed by atoms with Gasteiger partial charge in [0.2, 0.25) is 5.91 Å². The van der Waals surface area contributed by atoms with Crippen molar-refractivity contribution in [3.05, 3.63) is 16.4 Å². The lowest BCUT2D eigenvalue weighted by Gasteiger charge is -2.18. The Hall–Kier alpha value is -2.03. The molecule has 1 heterocycles. The fraction of sp³-hybridized carbons (Fsp3) is 0.538. The van der Waals surface area contributed by atoms with Gasteiger partial charge in [-0.15, -0.1) is 0 Å². The van der Waals surface area contributed by atoms with Gasteiger partial charge in [-0.1, -0.05) is 25.6 Å². The van der Waals surface area contributed by atoms with Gasteiger partial charge < -0.3 is 20.8 Å². The number of hydrogen-bond donors (Lipinski definition) is 3. The van der Waals surface area contributed by atoms with Gasteiger partial charge in [-0.2, -0.15) is 0 Å². The van der Waals surface area contributed by atoms with E-state index in [9.17, 15) is 14.4 Å². The number of nitrogens with two attached hydrogens (primary N) is 1. The van der Waals surface area contributed by atoms with Gasteiger partial charge in [0.15, 0.2) is 5.16 Å². The van der Waals surface area contributed by atoms with Crippen LogP contribution in [0.25, 0.3) is 0 Å². The Bertz CT molecular complexity index is 588. The normalized spacial score (nSPS) is 12.0. The van der Waals surface area contributed by atoms with Crippen LogP contribution in [0.1, 0.15) is 20.3 Å². The van der Waals surface area contributed by atoms with E-state index in [0.29, 0.717) is 6.42 Å². The van der Waals surface area contributed by atoms with Crippen molar-refractivity contribution in [1.82, 2.24) is 15.3 Å². The molecule has 0 fully saturated rings. The number of nitrogens with zero attached hydrogens (tertiary/aromatic N) is 1. The second-order valence-electron chi connectivity index (χ2n) is 5.04. The molecule has 0 saturated heterocycles. The average molecular weight is 328 g/mol. The highest BCUT2D eigenvalue weighted by Crippen LogP contribution is 2.12. The predicted molar refractivity (Wildman–Crippen MR) is 83.4 cm³/mol. The molecule has 122 valence electrons. The van der Waals surface area contributed by atoms with E-state index in [0.717, 1.165) is 17.8 Å². The maximum atomic E-state index is 11.9. The number of nitrogens with one attached hydrogen (secondary N) is 2. The molecule has 22 heavy (non-hydrogen) atoms. The first kappa shape index (κ1) is 18.0. The third kappa shape index (κ3) is 6.17. The van der Waals surface area contributed by atoms with Crippen molar-refractivity contribution in [1.29, 1.82) is 0 Å². The molecule has 1 rings (SSSR count). The largest absolute Gasteiger partial charge is 0.467 e. The second-order valence-corrected chi connectivity index (χ2v) is 6.00. The van der Waals surface area contributed by atoms with Gasteiger partial charge in [-0.05, 0) is 12.3 Å². The summed E-state index contributed by atoms with van der Waals surface area (Å²) in [5.74, 6) is -0.533. The smallest absolute Gasteiger partial charge is 0.328 e. The zero-order chi connectivity index (χ0) is 16.7. The van der Waals surface area contributed by atoms with E-state index in [1.807, 2.05) is 13.8 Å².